The number of halogens is 2. The van der Waals surface area contributed by atoms with Crippen LogP contribution in [0.4, 0.5) is 4.39 Å². The van der Waals surface area contributed by atoms with E-state index in [-0.39, 0.29) is 16.5 Å². The number of methoxy groups -OCH3 is 1. The average Bonchev–Trinajstić information content (AvgIpc) is 2.54. The van der Waals surface area contributed by atoms with Gasteiger partial charge in [0.25, 0.3) is 5.91 Å². The molecule has 1 aromatic rings. The van der Waals surface area contributed by atoms with E-state index in [4.69, 9.17) is 16.3 Å². The molecule has 1 aromatic carbocycles. The van der Waals surface area contributed by atoms with Crippen LogP contribution in [0, 0.1) is 11.7 Å². The van der Waals surface area contributed by atoms with E-state index >= 15 is 0 Å². The van der Waals surface area contributed by atoms with Gasteiger partial charge in [0.1, 0.15) is 11.9 Å². The standard InChI is InChI=1S/C17H21ClFNO5/c1-10(2)7-14(17(23)24-3)20-15(21)9-25-16(22)8-11-12(18)5-4-6-13(11)19/h4-6,10,14H,7-9H2,1-3H3,(H,20,21)/t14-/m0/s1. The fourth-order valence-corrected chi connectivity index (χ4v) is 2.34. The molecule has 0 heterocycles. The molecule has 0 unspecified atom stereocenters. The second-order valence-corrected chi connectivity index (χ2v) is 6.22. The van der Waals surface area contributed by atoms with Crippen molar-refractivity contribution in [3.63, 3.8) is 0 Å². The van der Waals surface area contributed by atoms with E-state index in [2.05, 4.69) is 10.1 Å². The highest BCUT2D eigenvalue weighted by molar-refractivity contribution is 6.31. The van der Waals surface area contributed by atoms with Crippen molar-refractivity contribution in [3.05, 3.63) is 34.6 Å². The molecular weight excluding hydrogens is 353 g/mol. The van der Waals surface area contributed by atoms with E-state index in [9.17, 15) is 18.8 Å². The number of amides is 1. The number of hydrogen-bond donors (Lipinski definition) is 1. The third-order valence-electron chi connectivity index (χ3n) is 3.28. The largest absolute Gasteiger partial charge is 0.467 e. The third kappa shape index (κ3) is 7.09. The Bertz CT molecular complexity index is 615. The van der Waals surface area contributed by atoms with Gasteiger partial charge in [-0.15, -0.1) is 0 Å². The molecular formula is C17H21ClFNO5. The summed E-state index contributed by atoms with van der Waals surface area (Å²) in [6.45, 7) is 3.19. The van der Waals surface area contributed by atoms with Gasteiger partial charge >= 0.3 is 11.9 Å². The van der Waals surface area contributed by atoms with Gasteiger partial charge in [0.2, 0.25) is 0 Å². The molecule has 0 bridgehead atoms. The first-order valence-corrected chi connectivity index (χ1v) is 8.08. The lowest BCUT2D eigenvalue weighted by Gasteiger charge is -2.18. The molecule has 138 valence electrons. The molecule has 0 saturated carbocycles. The van der Waals surface area contributed by atoms with E-state index in [1.54, 1.807) is 0 Å². The molecule has 1 amide bonds. The molecule has 8 heteroatoms. The van der Waals surface area contributed by atoms with E-state index in [0.29, 0.717) is 6.42 Å². The summed E-state index contributed by atoms with van der Waals surface area (Å²) in [5.74, 6) is -2.51. The maximum atomic E-state index is 13.6. The van der Waals surface area contributed by atoms with Crippen LogP contribution in [0.3, 0.4) is 0 Å². The average molecular weight is 374 g/mol. The molecule has 0 fully saturated rings. The topological polar surface area (TPSA) is 81.7 Å². The second-order valence-electron chi connectivity index (χ2n) is 5.81. The Hall–Kier alpha value is -2.15. The molecule has 1 atom stereocenters. The monoisotopic (exact) mass is 373 g/mol. The van der Waals surface area contributed by atoms with Crippen LogP contribution in [0.1, 0.15) is 25.8 Å². The van der Waals surface area contributed by atoms with Gasteiger partial charge < -0.3 is 14.8 Å². The second kappa shape index (κ2) is 9.98. The molecule has 0 aliphatic heterocycles. The molecule has 1 N–H and O–H groups in total. The highest BCUT2D eigenvalue weighted by atomic mass is 35.5. The lowest BCUT2D eigenvalue weighted by atomic mass is 10.0. The van der Waals surface area contributed by atoms with Crippen molar-refractivity contribution in [2.24, 2.45) is 5.92 Å². The normalized spacial score (nSPS) is 11.8. The summed E-state index contributed by atoms with van der Waals surface area (Å²) >= 11 is 5.83. The van der Waals surface area contributed by atoms with Crippen LogP contribution >= 0.6 is 11.6 Å². The van der Waals surface area contributed by atoms with Crippen molar-refractivity contribution in [1.29, 1.82) is 0 Å². The predicted octanol–water partition coefficient (Wildman–Crippen LogP) is 2.27. The molecule has 0 aliphatic carbocycles. The summed E-state index contributed by atoms with van der Waals surface area (Å²) in [6, 6.07) is 3.22. The van der Waals surface area contributed by atoms with Crippen LogP contribution in [0.2, 0.25) is 5.02 Å². The molecule has 0 radical (unpaired) electrons. The van der Waals surface area contributed by atoms with E-state index < -0.39 is 42.7 Å². The van der Waals surface area contributed by atoms with Gasteiger partial charge in [0.05, 0.1) is 13.5 Å². The number of nitrogens with one attached hydrogen (secondary N) is 1. The third-order valence-corrected chi connectivity index (χ3v) is 3.63. The Balaban J connectivity index is 2.54. The zero-order chi connectivity index (χ0) is 19.0. The molecule has 1 rings (SSSR count). The minimum absolute atomic E-state index is 0.00169. The number of rotatable bonds is 8. The predicted molar refractivity (Wildman–Crippen MR) is 89.5 cm³/mol. The van der Waals surface area contributed by atoms with Crippen LogP contribution in [0.5, 0.6) is 0 Å². The Kier molecular flexibility index (Phi) is 8.34. The molecule has 0 spiro atoms. The number of benzene rings is 1. The first-order valence-electron chi connectivity index (χ1n) is 7.70. The van der Waals surface area contributed by atoms with Crippen molar-refractivity contribution >= 4 is 29.4 Å². The maximum Gasteiger partial charge on any atom is 0.328 e. The maximum absolute atomic E-state index is 13.6. The van der Waals surface area contributed by atoms with Crippen LogP contribution in [0.15, 0.2) is 18.2 Å². The number of carbonyl (C=O) groups excluding carboxylic acids is 3. The highest BCUT2D eigenvalue weighted by Crippen LogP contribution is 2.19. The summed E-state index contributed by atoms with van der Waals surface area (Å²) in [5, 5.41) is 2.55. The molecule has 25 heavy (non-hydrogen) atoms. The fraction of sp³-hybridized carbons (Fsp3) is 0.471. The van der Waals surface area contributed by atoms with Crippen molar-refractivity contribution < 1.29 is 28.2 Å². The van der Waals surface area contributed by atoms with Crippen LogP contribution in [-0.2, 0) is 30.3 Å². The van der Waals surface area contributed by atoms with Crippen molar-refractivity contribution in [1.82, 2.24) is 5.32 Å². The zero-order valence-electron chi connectivity index (χ0n) is 14.3. The zero-order valence-corrected chi connectivity index (χ0v) is 15.1. The minimum Gasteiger partial charge on any atom is -0.467 e. The fourth-order valence-electron chi connectivity index (χ4n) is 2.11. The Morgan fingerprint density at radius 3 is 2.52 bits per heavy atom. The number of hydrogen-bond acceptors (Lipinski definition) is 5. The van der Waals surface area contributed by atoms with Gasteiger partial charge in [-0.1, -0.05) is 31.5 Å². The number of esters is 2. The summed E-state index contributed by atoms with van der Waals surface area (Å²) < 4.78 is 23.0. The van der Waals surface area contributed by atoms with Gasteiger partial charge in [0, 0.05) is 10.6 Å². The van der Waals surface area contributed by atoms with Crippen LogP contribution in [0.25, 0.3) is 0 Å². The summed E-state index contributed by atoms with van der Waals surface area (Å²) in [5.41, 5.74) is 0.00169. The van der Waals surface area contributed by atoms with Gasteiger partial charge in [-0.3, -0.25) is 9.59 Å². The van der Waals surface area contributed by atoms with E-state index in [1.807, 2.05) is 13.8 Å². The van der Waals surface area contributed by atoms with E-state index in [1.165, 1.54) is 25.3 Å². The Morgan fingerprint density at radius 1 is 1.28 bits per heavy atom. The molecule has 0 saturated heterocycles. The highest BCUT2D eigenvalue weighted by Gasteiger charge is 2.23. The SMILES string of the molecule is COC(=O)[C@H](CC(C)C)NC(=O)COC(=O)Cc1c(F)cccc1Cl. The number of carbonyl (C=O) groups is 3. The van der Waals surface area contributed by atoms with Crippen molar-refractivity contribution in [2.75, 3.05) is 13.7 Å². The lowest BCUT2D eigenvalue weighted by Crippen LogP contribution is -2.44. The lowest BCUT2D eigenvalue weighted by molar-refractivity contribution is -0.150. The van der Waals surface area contributed by atoms with Crippen molar-refractivity contribution in [2.45, 2.75) is 32.7 Å². The molecule has 0 aliphatic rings. The van der Waals surface area contributed by atoms with E-state index in [0.717, 1.165) is 0 Å². The van der Waals surface area contributed by atoms with Gasteiger partial charge in [0.15, 0.2) is 6.61 Å². The Morgan fingerprint density at radius 2 is 1.96 bits per heavy atom. The minimum atomic E-state index is -0.822. The molecule has 0 aromatic heterocycles. The summed E-state index contributed by atoms with van der Waals surface area (Å²) in [4.78, 5) is 35.2. The van der Waals surface area contributed by atoms with Gasteiger partial charge in [-0.25, -0.2) is 9.18 Å². The first kappa shape index (κ1) is 20.9. The summed E-state index contributed by atoms with van der Waals surface area (Å²) in [7, 11) is 1.22. The van der Waals surface area contributed by atoms with Gasteiger partial charge in [-0.05, 0) is 24.5 Å². The van der Waals surface area contributed by atoms with Gasteiger partial charge in [-0.2, -0.15) is 0 Å². The van der Waals surface area contributed by atoms with Crippen LogP contribution in [-0.4, -0.2) is 37.6 Å². The smallest absolute Gasteiger partial charge is 0.328 e. The quantitative estimate of drug-likeness (QED) is 0.707. The summed E-state index contributed by atoms with van der Waals surface area (Å²) in [6.07, 6.45) is -0.0115. The number of ether oxygens (including phenoxy) is 2. The molecule has 6 nitrogen and oxygen atoms in total. The van der Waals surface area contributed by atoms with Crippen LogP contribution < -0.4 is 5.32 Å². The first-order chi connectivity index (χ1) is 11.7. The Labute approximate surface area is 150 Å². The van der Waals surface area contributed by atoms with Crippen molar-refractivity contribution in [3.8, 4) is 0 Å².